The number of pyridine rings is 1. The van der Waals surface area contributed by atoms with Crippen LogP contribution in [0.15, 0.2) is 20.1 Å². The summed E-state index contributed by atoms with van der Waals surface area (Å²) in [5.74, 6) is -0.472. The Morgan fingerprint density at radius 3 is 2.50 bits per heavy atom. The van der Waals surface area contributed by atoms with Gasteiger partial charge in [0.05, 0.1) is 30.3 Å². The topological polar surface area (TPSA) is 161 Å². The van der Waals surface area contributed by atoms with Crippen molar-refractivity contribution in [1.82, 2.24) is 4.57 Å². The highest BCUT2D eigenvalue weighted by Gasteiger charge is 2.42. The fourth-order valence-corrected chi connectivity index (χ4v) is 6.62. The van der Waals surface area contributed by atoms with Crippen molar-refractivity contribution >= 4 is 21.7 Å². The second kappa shape index (κ2) is 8.47. The van der Waals surface area contributed by atoms with Gasteiger partial charge in [0, 0.05) is 46.8 Å². The lowest BCUT2D eigenvalue weighted by Crippen LogP contribution is -2.27. The van der Waals surface area contributed by atoms with Crippen molar-refractivity contribution in [3.63, 3.8) is 0 Å². The molecule has 0 radical (unpaired) electrons. The summed E-state index contributed by atoms with van der Waals surface area (Å²) in [6.45, 7) is 1.82. The van der Waals surface area contributed by atoms with Crippen LogP contribution in [0.2, 0.25) is 0 Å². The van der Waals surface area contributed by atoms with Crippen LogP contribution in [0, 0.1) is 0 Å². The first-order valence-corrected chi connectivity index (χ1v) is 13.1. The van der Waals surface area contributed by atoms with Crippen molar-refractivity contribution in [3.05, 3.63) is 54.8 Å². The molecule has 0 unspecified atom stereocenters. The Kier molecular flexibility index (Phi) is 5.28. The standard InChI is InChI=1S/C29H27NO10/c1-4-10-7-11-17(29(36)30(10)2)23(34)20-16-12(8-15-19(20)25(11)39-9-38-15)26(37-3)28-21(22(16)33)24(35)18-13(31)5-6-14(32)27(18)40-28/h7,13-15,31-34H,4-6,8-9H2,1-3H3/t13-,14-,15+/m0/s1. The molecule has 3 heterocycles. The second-order valence-corrected chi connectivity index (χ2v) is 10.5. The summed E-state index contributed by atoms with van der Waals surface area (Å²) in [6, 6.07) is 1.80. The van der Waals surface area contributed by atoms with E-state index in [0.29, 0.717) is 28.7 Å². The normalized spacial score (nSPS) is 21.1. The van der Waals surface area contributed by atoms with E-state index < -0.39 is 35.0 Å². The molecule has 0 amide bonds. The van der Waals surface area contributed by atoms with Crippen molar-refractivity contribution in [2.75, 3.05) is 13.9 Å². The van der Waals surface area contributed by atoms with Crippen LogP contribution in [0.3, 0.4) is 0 Å². The van der Waals surface area contributed by atoms with E-state index in [0.717, 1.165) is 5.69 Å². The molecule has 40 heavy (non-hydrogen) atoms. The Bertz CT molecular complexity index is 1900. The smallest absolute Gasteiger partial charge is 0.262 e. The maximum atomic E-state index is 13.8. The van der Waals surface area contributed by atoms with Crippen LogP contribution in [-0.4, -0.2) is 38.9 Å². The first kappa shape index (κ1) is 24.9. The Labute approximate surface area is 226 Å². The number of aliphatic hydroxyl groups excluding tert-OH is 2. The minimum Gasteiger partial charge on any atom is -0.506 e. The number of fused-ring (bicyclic) bond motifs is 6. The van der Waals surface area contributed by atoms with Crippen molar-refractivity contribution in [1.29, 1.82) is 0 Å². The third-order valence-corrected chi connectivity index (χ3v) is 8.54. The zero-order valence-electron chi connectivity index (χ0n) is 22.0. The molecule has 3 aliphatic rings. The number of aromatic nitrogens is 1. The molecule has 4 aromatic rings. The van der Waals surface area contributed by atoms with Crippen LogP contribution >= 0.6 is 0 Å². The molecular formula is C29H27NO10. The number of ether oxygens (including phenoxy) is 3. The molecule has 208 valence electrons. The number of phenolic OH excluding ortho intramolecular Hbond substituents is 2. The number of aliphatic hydroxyl groups is 2. The molecule has 0 spiro atoms. The van der Waals surface area contributed by atoms with Gasteiger partial charge < -0.3 is 43.6 Å². The van der Waals surface area contributed by atoms with Gasteiger partial charge in [-0.1, -0.05) is 6.92 Å². The van der Waals surface area contributed by atoms with Crippen molar-refractivity contribution in [3.8, 4) is 34.1 Å². The summed E-state index contributed by atoms with van der Waals surface area (Å²) in [4.78, 5) is 27.3. The molecule has 11 nitrogen and oxygen atoms in total. The number of methoxy groups -OCH3 is 1. The molecule has 0 saturated heterocycles. The molecule has 0 fully saturated rings. The van der Waals surface area contributed by atoms with E-state index in [9.17, 15) is 30.0 Å². The number of hydrogen-bond acceptors (Lipinski definition) is 10. The van der Waals surface area contributed by atoms with E-state index in [1.54, 1.807) is 13.1 Å². The van der Waals surface area contributed by atoms with Crippen LogP contribution in [0.1, 0.15) is 66.2 Å². The maximum absolute atomic E-state index is 13.8. The van der Waals surface area contributed by atoms with E-state index in [1.165, 1.54) is 11.7 Å². The molecular weight excluding hydrogens is 522 g/mol. The first-order valence-electron chi connectivity index (χ1n) is 13.1. The van der Waals surface area contributed by atoms with Crippen molar-refractivity contribution < 1.29 is 39.1 Å². The summed E-state index contributed by atoms with van der Waals surface area (Å²) in [5, 5.41) is 44.8. The monoisotopic (exact) mass is 549 g/mol. The molecule has 2 aromatic carbocycles. The lowest BCUT2D eigenvalue weighted by molar-refractivity contribution is -0.0587. The summed E-state index contributed by atoms with van der Waals surface area (Å²) in [5.41, 5.74) is 0.405. The van der Waals surface area contributed by atoms with Gasteiger partial charge in [-0.05, 0) is 25.3 Å². The molecule has 11 heteroatoms. The number of aryl methyl sites for hydroxylation is 1. The summed E-state index contributed by atoms with van der Waals surface area (Å²) in [6.07, 6.45) is -1.84. The molecule has 2 aliphatic carbocycles. The Balaban J connectivity index is 1.68. The first-order chi connectivity index (χ1) is 19.2. The van der Waals surface area contributed by atoms with Gasteiger partial charge in [0.2, 0.25) is 5.43 Å². The van der Waals surface area contributed by atoms with Crippen LogP contribution in [-0.2, 0) is 24.6 Å². The lowest BCUT2D eigenvalue weighted by Gasteiger charge is -2.35. The van der Waals surface area contributed by atoms with Gasteiger partial charge in [-0.25, -0.2) is 0 Å². The second-order valence-electron chi connectivity index (χ2n) is 10.5. The molecule has 7 rings (SSSR count). The third-order valence-electron chi connectivity index (χ3n) is 8.54. The average Bonchev–Trinajstić information content (AvgIpc) is 2.94. The average molecular weight is 550 g/mol. The van der Waals surface area contributed by atoms with E-state index >= 15 is 0 Å². The number of aromatic hydroxyl groups is 2. The SMILES string of the molecule is CCc1cc2c3c4c(c(O)c2c(=O)n1C)-c1c(c(OC)c2oc5c(c(=O)c2c1O)[C@@H](O)CC[C@@H]5O)C[C@H]4OCO3. The molecule has 0 bridgehead atoms. The zero-order valence-corrected chi connectivity index (χ0v) is 22.0. The largest absolute Gasteiger partial charge is 0.506 e. The summed E-state index contributed by atoms with van der Waals surface area (Å²) < 4.78 is 25.0. The van der Waals surface area contributed by atoms with Crippen LogP contribution in [0.4, 0.5) is 0 Å². The van der Waals surface area contributed by atoms with Crippen molar-refractivity contribution in [2.24, 2.45) is 7.05 Å². The van der Waals surface area contributed by atoms with Crippen molar-refractivity contribution in [2.45, 2.75) is 50.9 Å². The summed E-state index contributed by atoms with van der Waals surface area (Å²) >= 11 is 0. The van der Waals surface area contributed by atoms with Crippen LogP contribution < -0.4 is 20.5 Å². The molecule has 3 atom stereocenters. The molecule has 0 saturated carbocycles. The Morgan fingerprint density at radius 2 is 1.77 bits per heavy atom. The fourth-order valence-electron chi connectivity index (χ4n) is 6.62. The predicted molar refractivity (Wildman–Crippen MR) is 142 cm³/mol. The molecule has 4 N–H and O–H groups in total. The highest BCUT2D eigenvalue weighted by molar-refractivity contribution is 6.07. The lowest BCUT2D eigenvalue weighted by atomic mass is 9.78. The van der Waals surface area contributed by atoms with E-state index in [4.69, 9.17) is 18.6 Å². The van der Waals surface area contributed by atoms with Gasteiger partial charge in [0.25, 0.3) is 5.56 Å². The minimum absolute atomic E-state index is 0.0106. The maximum Gasteiger partial charge on any atom is 0.262 e. The van der Waals surface area contributed by atoms with Gasteiger partial charge in [-0.3, -0.25) is 9.59 Å². The van der Waals surface area contributed by atoms with Gasteiger partial charge in [0.15, 0.2) is 18.1 Å². The number of nitrogens with zero attached hydrogens (tertiary/aromatic N) is 1. The third kappa shape index (κ3) is 2.99. The minimum atomic E-state index is -1.19. The van der Waals surface area contributed by atoms with E-state index in [2.05, 4.69) is 0 Å². The highest BCUT2D eigenvalue weighted by atomic mass is 16.7. The van der Waals surface area contributed by atoms with Gasteiger partial charge in [-0.2, -0.15) is 0 Å². The number of phenols is 2. The zero-order chi connectivity index (χ0) is 28.2. The predicted octanol–water partition coefficient (Wildman–Crippen LogP) is 3.12. The molecule has 1 aliphatic heterocycles. The summed E-state index contributed by atoms with van der Waals surface area (Å²) in [7, 11) is 3.00. The van der Waals surface area contributed by atoms with E-state index in [1.807, 2.05) is 6.92 Å². The fraction of sp³-hybridized carbons (Fsp3) is 0.379. The van der Waals surface area contributed by atoms with Crippen LogP contribution in [0.25, 0.3) is 32.9 Å². The van der Waals surface area contributed by atoms with Crippen LogP contribution in [0.5, 0.6) is 23.0 Å². The highest BCUT2D eigenvalue weighted by Crippen LogP contribution is 2.59. The number of benzene rings is 2. The van der Waals surface area contributed by atoms with Gasteiger partial charge in [-0.15, -0.1) is 0 Å². The molecule has 2 aromatic heterocycles. The van der Waals surface area contributed by atoms with E-state index in [-0.39, 0.29) is 76.4 Å². The number of rotatable bonds is 2. The van der Waals surface area contributed by atoms with Gasteiger partial charge >= 0.3 is 0 Å². The Hall–Kier alpha value is -4.06. The quantitative estimate of drug-likeness (QED) is 0.292. The number of hydrogen-bond donors (Lipinski definition) is 4. The Morgan fingerprint density at radius 1 is 1.05 bits per heavy atom. The van der Waals surface area contributed by atoms with Gasteiger partial charge in [0.1, 0.15) is 34.5 Å².